The predicted octanol–water partition coefficient (Wildman–Crippen LogP) is 4.45. The number of ether oxygens (including phenoxy) is 1. The lowest BCUT2D eigenvalue weighted by molar-refractivity contribution is -0.144. The number of carboxylic acid groups (broad SMARTS) is 1. The van der Waals surface area contributed by atoms with E-state index in [0.29, 0.717) is 25.2 Å². The molecule has 0 radical (unpaired) electrons. The van der Waals surface area contributed by atoms with Crippen molar-refractivity contribution >= 4 is 18.0 Å². The number of aliphatic carboxylic acids is 1. The zero-order chi connectivity index (χ0) is 24.4. The first-order chi connectivity index (χ1) is 17.0. The van der Waals surface area contributed by atoms with Crippen LogP contribution in [0.15, 0.2) is 48.5 Å². The minimum atomic E-state index is -0.877. The number of carbonyl (C=O) groups is 3. The van der Waals surface area contributed by atoms with Gasteiger partial charge in [0.1, 0.15) is 12.6 Å². The number of rotatable bonds is 8. The van der Waals surface area contributed by atoms with Gasteiger partial charge in [-0.25, -0.2) is 4.79 Å². The molecule has 2 saturated carbocycles. The smallest absolute Gasteiger partial charge is 0.407 e. The van der Waals surface area contributed by atoms with Crippen LogP contribution < -0.4 is 10.6 Å². The van der Waals surface area contributed by atoms with E-state index in [1.54, 1.807) is 0 Å². The van der Waals surface area contributed by atoms with Gasteiger partial charge in [-0.2, -0.15) is 0 Å². The van der Waals surface area contributed by atoms with Gasteiger partial charge < -0.3 is 20.5 Å². The van der Waals surface area contributed by atoms with Crippen LogP contribution in [-0.4, -0.2) is 41.8 Å². The van der Waals surface area contributed by atoms with Gasteiger partial charge in [0.05, 0.1) is 5.92 Å². The van der Waals surface area contributed by atoms with Crippen molar-refractivity contribution in [2.24, 2.45) is 11.8 Å². The number of nitrogens with one attached hydrogen (secondary N) is 2. The third-order valence-corrected chi connectivity index (χ3v) is 7.63. The topological polar surface area (TPSA) is 105 Å². The molecule has 35 heavy (non-hydrogen) atoms. The summed E-state index contributed by atoms with van der Waals surface area (Å²) in [5, 5.41) is 15.2. The van der Waals surface area contributed by atoms with Crippen molar-refractivity contribution in [3.8, 4) is 11.1 Å². The standard InChI is InChI=1S/C28H32N2O5/c31-26(29-24-12-6-5-11-22(24)27(32)33)25(15-17-13-14-17)30-28(34)35-16-23-20-9-3-1-7-18(20)19-8-2-4-10-21(19)23/h1-4,7-10,17,22-25H,5-6,11-16H2,(H,29,31)(H,30,34)(H,32,33)/t22-,24+,25+/m1/s1. The Morgan fingerprint density at radius 1 is 0.914 bits per heavy atom. The van der Waals surface area contributed by atoms with E-state index in [-0.39, 0.29) is 18.4 Å². The second-order valence-corrected chi connectivity index (χ2v) is 10.0. The molecule has 3 aliphatic carbocycles. The maximum Gasteiger partial charge on any atom is 0.407 e. The van der Waals surface area contributed by atoms with Crippen LogP contribution in [0.25, 0.3) is 11.1 Å². The highest BCUT2D eigenvalue weighted by atomic mass is 16.5. The van der Waals surface area contributed by atoms with Crippen LogP contribution in [0.4, 0.5) is 4.79 Å². The summed E-state index contributed by atoms with van der Waals surface area (Å²) in [5.74, 6) is -1.42. The van der Waals surface area contributed by atoms with Crippen LogP contribution in [0, 0.1) is 11.8 Å². The van der Waals surface area contributed by atoms with Gasteiger partial charge >= 0.3 is 12.1 Å². The summed E-state index contributed by atoms with van der Waals surface area (Å²) in [5.41, 5.74) is 4.57. The van der Waals surface area contributed by atoms with Gasteiger partial charge in [-0.05, 0) is 47.4 Å². The maximum absolute atomic E-state index is 13.1. The van der Waals surface area contributed by atoms with E-state index in [1.807, 2.05) is 24.3 Å². The van der Waals surface area contributed by atoms with Crippen LogP contribution in [0.2, 0.25) is 0 Å². The molecule has 2 amide bonds. The number of fused-ring (bicyclic) bond motifs is 3. The fraction of sp³-hybridized carbons (Fsp3) is 0.464. The quantitative estimate of drug-likeness (QED) is 0.522. The summed E-state index contributed by atoms with van der Waals surface area (Å²) in [6.45, 7) is 0.182. The molecule has 0 aliphatic heterocycles. The minimum Gasteiger partial charge on any atom is -0.481 e. The second kappa shape index (κ2) is 10.1. The van der Waals surface area contributed by atoms with Crippen LogP contribution in [-0.2, 0) is 14.3 Å². The highest BCUT2D eigenvalue weighted by Gasteiger charge is 2.36. The summed E-state index contributed by atoms with van der Waals surface area (Å²) in [4.78, 5) is 37.5. The van der Waals surface area contributed by atoms with Gasteiger partial charge in [0.2, 0.25) is 5.91 Å². The third-order valence-electron chi connectivity index (χ3n) is 7.63. The lowest BCUT2D eigenvalue weighted by Gasteiger charge is -2.30. The van der Waals surface area contributed by atoms with Crippen molar-refractivity contribution in [1.82, 2.24) is 10.6 Å². The molecule has 0 aromatic heterocycles. The fourth-order valence-electron chi connectivity index (χ4n) is 5.58. The summed E-state index contributed by atoms with van der Waals surface area (Å²) >= 11 is 0. The van der Waals surface area contributed by atoms with Crippen molar-refractivity contribution in [2.75, 3.05) is 6.61 Å². The Morgan fingerprint density at radius 3 is 2.17 bits per heavy atom. The first kappa shape index (κ1) is 23.4. The van der Waals surface area contributed by atoms with Crippen molar-refractivity contribution in [3.05, 3.63) is 59.7 Å². The van der Waals surface area contributed by atoms with Gasteiger partial charge in [-0.3, -0.25) is 9.59 Å². The number of alkyl carbamates (subject to hydrolysis) is 1. The molecule has 2 aromatic rings. The summed E-state index contributed by atoms with van der Waals surface area (Å²) in [7, 11) is 0. The lowest BCUT2D eigenvalue weighted by atomic mass is 9.84. The van der Waals surface area contributed by atoms with Crippen LogP contribution in [0.1, 0.15) is 62.0 Å². The first-order valence-corrected chi connectivity index (χ1v) is 12.7. The molecule has 0 saturated heterocycles. The Kier molecular flexibility index (Phi) is 6.75. The van der Waals surface area contributed by atoms with E-state index in [2.05, 4.69) is 34.9 Å². The molecule has 7 nitrogen and oxygen atoms in total. The molecule has 5 rings (SSSR count). The Morgan fingerprint density at radius 2 is 1.54 bits per heavy atom. The van der Waals surface area contributed by atoms with E-state index in [9.17, 15) is 19.5 Å². The van der Waals surface area contributed by atoms with Gasteiger partial charge in [0, 0.05) is 12.0 Å². The third kappa shape index (κ3) is 5.19. The summed E-state index contributed by atoms with van der Waals surface area (Å²) < 4.78 is 5.65. The van der Waals surface area contributed by atoms with E-state index < -0.39 is 30.1 Å². The Bertz CT molecular complexity index is 1070. The second-order valence-electron chi connectivity index (χ2n) is 10.0. The van der Waals surface area contributed by atoms with Crippen LogP contribution in [0.5, 0.6) is 0 Å². The summed E-state index contributed by atoms with van der Waals surface area (Å²) in [6.07, 6.45) is 4.95. The molecular formula is C28H32N2O5. The molecule has 2 aromatic carbocycles. The molecule has 2 fully saturated rings. The molecule has 0 spiro atoms. The van der Waals surface area contributed by atoms with E-state index in [0.717, 1.165) is 47.9 Å². The van der Waals surface area contributed by atoms with E-state index in [4.69, 9.17) is 4.74 Å². The van der Waals surface area contributed by atoms with Crippen molar-refractivity contribution in [2.45, 2.75) is 62.9 Å². The first-order valence-electron chi connectivity index (χ1n) is 12.7. The Hall–Kier alpha value is -3.35. The monoisotopic (exact) mass is 476 g/mol. The molecule has 7 heteroatoms. The average Bonchev–Trinajstić information content (AvgIpc) is 3.63. The van der Waals surface area contributed by atoms with Gasteiger partial charge in [-0.1, -0.05) is 74.2 Å². The van der Waals surface area contributed by atoms with Crippen LogP contribution in [0.3, 0.4) is 0 Å². The number of hydrogen-bond donors (Lipinski definition) is 3. The van der Waals surface area contributed by atoms with Crippen LogP contribution >= 0.6 is 0 Å². The largest absolute Gasteiger partial charge is 0.481 e. The highest BCUT2D eigenvalue weighted by Crippen LogP contribution is 2.44. The number of amides is 2. The summed E-state index contributed by atoms with van der Waals surface area (Å²) in [6, 6.07) is 15.2. The molecule has 0 bridgehead atoms. The van der Waals surface area contributed by atoms with Gasteiger partial charge in [0.25, 0.3) is 0 Å². The van der Waals surface area contributed by atoms with Crippen molar-refractivity contribution in [3.63, 3.8) is 0 Å². The Labute approximate surface area is 205 Å². The molecule has 184 valence electrons. The lowest BCUT2D eigenvalue weighted by Crippen LogP contribution is -2.53. The molecule has 0 unspecified atom stereocenters. The molecule has 3 N–H and O–H groups in total. The average molecular weight is 477 g/mol. The predicted molar refractivity (Wildman–Crippen MR) is 131 cm³/mol. The number of benzene rings is 2. The molecular weight excluding hydrogens is 444 g/mol. The van der Waals surface area contributed by atoms with Crippen molar-refractivity contribution < 1.29 is 24.2 Å². The highest BCUT2D eigenvalue weighted by molar-refractivity contribution is 5.86. The fourth-order valence-corrected chi connectivity index (χ4v) is 5.58. The van der Waals surface area contributed by atoms with Gasteiger partial charge in [0.15, 0.2) is 0 Å². The molecule has 3 atom stereocenters. The molecule has 0 heterocycles. The Balaban J connectivity index is 1.22. The van der Waals surface area contributed by atoms with E-state index in [1.165, 1.54) is 0 Å². The zero-order valence-corrected chi connectivity index (χ0v) is 19.7. The van der Waals surface area contributed by atoms with Gasteiger partial charge in [-0.15, -0.1) is 0 Å². The van der Waals surface area contributed by atoms with Crippen molar-refractivity contribution in [1.29, 1.82) is 0 Å². The normalized spacial score (nSPS) is 21.9. The minimum absolute atomic E-state index is 0.0533. The number of carbonyl (C=O) groups excluding carboxylic acids is 2. The number of hydrogen-bond acceptors (Lipinski definition) is 4. The number of carboxylic acids is 1. The van der Waals surface area contributed by atoms with E-state index >= 15 is 0 Å². The zero-order valence-electron chi connectivity index (χ0n) is 19.7. The maximum atomic E-state index is 13.1. The molecule has 3 aliphatic rings. The SMILES string of the molecule is O=C(N[C@@H](CC1CC1)C(=O)N[C@H]1CCCC[C@H]1C(=O)O)OCC1c2ccccc2-c2ccccc21.